The van der Waals surface area contributed by atoms with Crippen molar-refractivity contribution in [3.05, 3.63) is 58.1 Å². The summed E-state index contributed by atoms with van der Waals surface area (Å²) in [6, 6.07) is 13.0. The van der Waals surface area contributed by atoms with E-state index < -0.39 is 0 Å². The van der Waals surface area contributed by atoms with Crippen LogP contribution in [0.2, 0.25) is 0 Å². The van der Waals surface area contributed by atoms with Crippen LogP contribution in [0.1, 0.15) is 28.8 Å². The summed E-state index contributed by atoms with van der Waals surface area (Å²) < 4.78 is 11.5. The molecule has 0 spiro atoms. The van der Waals surface area contributed by atoms with Crippen LogP contribution in [-0.2, 0) is 11.2 Å². The van der Waals surface area contributed by atoms with E-state index in [4.69, 9.17) is 9.47 Å². The van der Waals surface area contributed by atoms with Crippen molar-refractivity contribution in [2.75, 3.05) is 33.9 Å². The molecule has 7 heteroatoms. The maximum atomic E-state index is 12.8. The Labute approximate surface area is 185 Å². The highest BCUT2D eigenvalue weighted by Gasteiger charge is 2.24. The molecular formula is C23H27BrN2O4. The average molecular weight is 475 g/mol. The Hall–Kier alpha value is -2.54. The van der Waals surface area contributed by atoms with Crippen LogP contribution in [0.4, 0.5) is 0 Å². The summed E-state index contributed by atoms with van der Waals surface area (Å²) in [7, 11) is 3.13. The van der Waals surface area contributed by atoms with E-state index in [0.29, 0.717) is 49.0 Å². The second-order valence-corrected chi connectivity index (χ2v) is 8.33. The summed E-state index contributed by atoms with van der Waals surface area (Å²) >= 11 is 3.40. The molecule has 2 aromatic rings. The van der Waals surface area contributed by atoms with Gasteiger partial charge in [0.25, 0.3) is 5.91 Å². The number of nitrogens with one attached hydrogen (secondary N) is 1. The first-order valence-electron chi connectivity index (χ1n) is 10.0. The molecule has 0 bridgehead atoms. The monoisotopic (exact) mass is 474 g/mol. The number of likely N-dealkylation sites (tertiary alicyclic amines) is 1. The van der Waals surface area contributed by atoms with Crippen molar-refractivity contribution in [1.82, 2.24) is 10.2 Å². The van der Waals surface area contributed by atoms with Gasteiger partial charge in [-0.15, -0.1) is 0 Å². The quantitative estimate of drug-likeness (QED) is 0.664. The summed E-state index contributed by atoms with van der Waals surface area (Å²) in [6.07, 6.45) is 2.12. The van der Waals surface area contributed by atoms with Crippen molar-refractivity contribution < 1.29 is 19.1 Å². The summed E-state index contributed by atoms with van der Waals surface area (Å²) in [4.78, 5) is 26.9. The number of amides is 2. The van der Waals surface area contributed by atoms with Crippen molar-refractivity contribution in [2.45, 2.75) is 19.3 Å². The number of ether oxygens (including phenoxy) is 2. The van der Waals surface area contributed by atoms with Crippen molar-refractivity contribution in [2.24, 2.45) is 5.92 Å². The van der Waals surface area contributed by atoms with Gasteiger partial charge >= 0.3 is 0 Å². The van der Waals surface area contributed by atoms with E-state index >= 15 is 0 Å². The Morgan fingerprint density at radius 1 is 1.03 bits per heavy atom. The third-order valence-corrected chi connectivity index (χ3v) is 5.93. The molecule has 6 nitrogen and oxygen atoms in total. The van der Waals surface area contributed by atoms with Gasteiger partial charge in [-0.2, -0.15) is 0 Å². The zero-order valence-corrected chi connectivity index (χ0v) is 18.9. The molecular weight excluding hydrogens is 448 g/mol. The molecule has 1 aliphatic rings. The number of rotatable bonds is 7. The highest BCUT2D eigenvalue weighted by Crippen LogP contribution is 2.28. The minimum atomic E-state index is -0.00585. The number of methoxy groups -OCH3 is 2. The normalized spacial score (nSPS) is 14.3. The summed E-state index contributed by atoms with van der Waals surface area (Å²) in [6.45, 7) is 2.01. The largest absolute Gasteiger partial charge is 0.493 e. The number of hydrogen-bond donors (Lipinski definition) is 1. The zero-order valence-electron chi connectivity index (χ0n) is 17.3. The van der Waals surface area contributed by atoms with Crippen LogP contribution in [0.15, 0.2) is 46.9 Å². The first-order chi connectivity index (χ1) is 14.5. The molecule has 2 amide bonds. The lowest BCUT2D eigenvalue weighted by molar-refractivity contribution is -0.120. The van der Waals surface area contributed by atoms with Crippen LogP contribution in [-0.4, -0.2) is 50.6 Å². The van der Waals surface area contributed by atoms with Gasteiger partial charge in [0.2, 0.25) is 5.91 Å². The molecule has 160 valence electrons. The fraction of sp³-hybridized carbons (Fsp3) is 0.391. The Balaban J connectivity index is 1.45. The number of piperidine rings is 1. The van der Waals surface area contributed by atoms with Crippen LogP contribution in [0.25, 0.3) is 0 Å². The number of benzene rings is 2. The van der Waals surface area contributed by atoms with E-state index in [-0.39, 0.29) is 11.8 Å². The lowest BCUT2D eigenvalue weighted by Gasteiger charge is -2.32. The number of carbonyl (C=O) groups excluding carboxylic acids is 2. The van der Waals surface area contributed by atoms with Crippen molar-refractivity contribution >= 4 is 27.7 Å². The standard InChI is InChI=1S/C23H27BrN2O4/c1-29-20-8-5-18(14-21(20)30-2)23(28)26-11-9-17(10-12-26)15-25-22(27)13-16-3-6-19(24)7-4-16/h3-8,14,17H,9-13,15H2,1-2H3,(H,25,27). The van der Waals surface area contributed by atoms with Gasteiger partial charge in [0.05, 0.1) is 20.6 Å². The molecule has 3 rings (SSSR count). The summed E-state index contributed by atoms with van der Waals surface area (Å²) in [5, 5.41) is 3.03. The van der Waals surface area contributed by atoms with Crippen LogP contribution in [0.5, 0.6) is 11.5 Å². The van der Waals surface area contributed by atoms with Crippen molar-refractivity contribution in [3.8, 4) is 11.5 Å². The number of nitrogens with zero attached hydrogens (tertiary/aromatic N) is 1. The van der Waals surface area contributed by atoms with E-state index in [0.717, 1.165) is 22.9 Å². The Morgan fingerprint density at radius 2 is 1.70 bits per heavy atom. The minimum Gasteiger partial charge on any atom is -0.493 e. The van der Waals surface area contributed by atoms with Gasteiger partial charge in [-0.05, 0) is 54.7 Å². The predicted octanol–water partition coefficient (Wildman–Crippen LogP) is 3.68. The highest BCUT2D eigenvalue weighted by molar-refractivity contribution is 9.10. The summed E-state index contributed by atoms with van der Waals surface area (Å²) in [5.74, 6) is 1.56. The smallest absolute Gasteiger partial charge is 0.253 e. The lowest BCUT2D eigenvalue weighted by atomic mass is 9.96. The first kappa shape index (κ1) is 22.2. The number of halogens is 1. The number of carbonyl (C=O) groups is 2. The Bertz CT molecular complexity index is 877. The molecule has 0 radical (unpaired) electrons. The molecule has 0 atom stereocenters. The molecule has 0 unspecified atom stereocenters. The predicted molar refractivity (Wildman–Crippen MR) is 119 cm³/mol. The number of hydrogen-bond acceptors (Lipinski definition) is 4. The maximum Gasteiger partial charge on any atom is 0.253 e. The van der Waals surface area contributed by atoms with E-state index in [9.17, 15) is 9.59 Å². The summed E-state index contributed by atoms with van der Waals surface area (Å²) in [5.41, 5.74) is 1.58. The van der Waals surface area contributed by atoms with Crippen LogP contribution < -0.4 is 14.8 Å². The molecule has 1 fully saturated rings. The van der Waals surface area contributed by atoms with Gasteiger partial charge < -0.3 is 19.7 Å². The Morgan fingerprint density at radius 3 is 2.33 bits per heavy atom. The molecule has 2 aromatic carbocycles. The fourth-order valence-electron chi connectivity index (χ4n) is 3.60. The van der Waals surface area contributed by atoms with E-state index in [1.165, 1.54) is 0 Å². The maximum absolute atomic E-state index is 12.8. The van der Waals surface area contributed by atoms with Crippen LogP contribution >= 0.6 is 15.9 Å². The van der Waals surface area contributed by atoms with Gasteiger partial charge in [-0.1, -0.05) is 28.1 Å². The van der Waals surface area contributed by atoms with Gasteiger partial charge in [-0.25, -0.2) is 0 Å². The molecule has 0 aromatic heterocycles. The van der Waals surface area contributed by atoms with Gasteiger partial charge in [-0.3, -0.25) is 9.59 Å². The molecule has 1 heterocycles. The lowest BCUT2D eigenvalue weighted by Crippen LogP contribution is -2.41. The van der Waals surface area contributed by atoms with Crippen LogP contribution in [0, 0.1) is 5.92 Å². The Kier molecular flexibility index (Phi) is 7.74. The fourth-order valence-corrected chi connectivity index (χ4v) is 3.86. The SMILES string of the molecule is COc1ccc(C(=O)N2CCC(CNC(=O)Cc3ccc(Br)cc3)CC2)cc1OC. The van der Waals surface area contributed by atoms with Gasteiger partial charge in [0.1, 0.15) is 0 Å². The molecule has 0 aliphatic carbocycles. The zero-order chi connectivity index (χ0) is 21.5. The van der Waals surface area contributed by atoms with E-state index in [1.54, 1.807) is 32.4 Å². The minimum absolute atomic E-state index is 0.00585. The molecule has 1 saturated heterocycles. The van der Waals surface area contributed by atoms with E-state index in [1.807, 2.05) is 29.2 Å². The van der Waals surface area contributed by atoms with Crippen molar-refractivity contribution in [3.63, 3.8) is 0 Å². The average Bonchev–Trinajstić information content (AvgIpc) is 2.78. The van der Waals surface area contributed by atoms with Gasteiger partial charge in [0.15, 0.2) is 11.5 Å². The van der Waals surface area contributed by atoms with Crippen LogP contribution in [0.3, 0.4) is 0 Å². The van der Waals surface area contributed by atoms with Gasteiger partial charge in [0, 0.05) is 29.7 Å². The van der Waals surface area contributed by atoms with E-state index in [2.05, 4.69) is 21.2 Å². The second kappa shape index (κ2) is 10.5. The molecule has 1 N–H and O–H groups in total. The highest BCUT2D eigenvalue weighted by atomic mass is 79.9. The third-order valence-electron chi connectivity index (χ3n) is 5.40. The molecule has 0 saturated carbocycles. The second-order valence-electron chi connectivity index (χ2n) is 7.41. The third kappa shape index (κ3) is 5.75. The van der Waals surface area contributed by atoms with Crippen molar-refractivity contribution in [1.29, 1.82) is 0 Å². The first-order valence-corrected chi connectivity index (χ1v) is 10.8. The topological polar surface area (TPSA) is 67.9 Å². The molecule has 30 heavy (non-hydrogen) atoms. The molecule has 1 aliphatic heterocycles.